The van der Waals surface area contributed by atoms with Crippen molar-refractivity contribution in [2.75, 3.05) is 25.5 Å². The van der Waals surface area contributed by atoms with Crippen molar-refractivity contribution < 1.29 is 19.0 Å². The molecule has 0 bridgehead atoms. The van der Waals surface area contributed by atoms with Crippen LogP contribution in [0.15, 0.2) is 54.9 Å². The van der Waals surface area contributed by atoms with Crippen LogP contribution in [0.25, 0.3) is 10.9 Å². The van der Waals surface area contributed by atoms with Crippen LogP contribution in [0.1, 0.15) is 37.6 Å². The van der Waals surface area contributed by atoms with Crippen molar-refractivity contribution in [1.29, 1.82) is 5.26 Å². The maximum absolute atomic E-state index is 13.2. The zero-order chi connectivity index (χ0) is 30.7. The molecule has 2 aromatic carbocycles. The fraction of sp³-hybridized carbons (Fsp3) is 0.312. The van der Waals surface area contributed by atoms with Gasteiger partial charge in [-0.15, -0.1) is 0 Å². The zero-order valence-corrected chi connectivity index (χ0v) is 25.5. The number of hydrogen-bond acceptors (Lipinski definition) is 9. The lowest BCUT2D eigenvalue weighted by molar-refractivity contribution is 0.0904. The number of piperazine rings is 1. The number of pyridine rings is 2. The summed E-state index contributed by atoms with van der Waals surface area (Å²) in [5.74, 6) is 1.13. The second-order valence-corrected chi connectivity index (χ2v) is 11.5. The van der Waals surface area contributed by atoms with Gasteiger partial charge in [0.2, 0.25) is 0 Å². The smallest absolute Gasteiger partial charge is 0.415 e. The van der Waals surface area contributed by atoms with E-state index in [0.717, 1.165) is 11.3 Å². The molecule has 1 saturated heterocycles. The fourth-order valence-corrected chi connectivity index (χ4v) is 5.09. The molecule has 1 aliphatic heterocycles. The number of aromatic nitrogens is 2. The Morgan fingerprint density at radius 3 is 2.77 bits per heavy atom. The summed E-state index contributed by atoms with van der Waals surface area (Å²) in [6, 6.07) is 14.6. The summed E-state index contributed by atoms with van der Waals surface area (Å²) in [6.45, 7) is 9.48. The van der Waals surface area contributed by atoms with Gasteiger partial charge in [0, 0.05) is 54.6 Å². The predicted octanol–water partition coefficient (Wildman–Crippen LogP) is 6.37. The first-order valence-electron chi connectivity index (χ1n) is 13.8. The number of carbonyl (C=O) groups is 1. The minimum atomic E-state index is -0.473. The number of nitrogens with zero attached hydrogens (tertiary/aromatic N) is 4. The SMILES string of the molecule is COc1cc2c(Nc3ccc(OCc4ncccc4C)cc3Cl)c(C#N)cnc2cc1OC(=O)N1CC(C)(C)NC[C@H]1C. The van der Waals surface area contributed by atoms with E-state index in [-0.39, 0.29) is 17.3 Å². The molecular formula is C32H33ClN6O4. The third kappa shape index (κ3) is 6.58. The third-order valence-corrected chi connectivity index (χ3v) is 7.69. The van der Waals surface area contributed by atoms with E-state index in [1.54, 1.807) is 41.4 Å². The van der Waals surface area contributed by atoms with Crippen molar-refractivity contribution in [3.05, 3.63) is 76.7 Å². The second-order valence-electron chi connectivity index (χ2n) is 11.1. The Morgan fingerprint density at radius 2 is 2.05 bits per heavy atom. The van der Waals surface area contributed by atoms with E-state index < -0.39 is 6.09 Å². The zero-order valence-electron chi connectivity index (χ0n) is 24.7. The summed E-state index contributed by atoms with van der Waals surface area (Å²) in [5.41, 5.74) is 3.50. The van der Waals surface area contributed by atoms with Gasteiger partial charge in [0.25, 0.3) is 0 Å². The highest BCUT2D eigenvalue weighted by Gasteiger charge is 2.34. The fourth-order valence-electron chi connectivity index (χ4n) is 4.87. The molecule has 43 heavy (non-hydrogen) atoms. The summed E-state index contributed by atoms with van der Waals surface area (Å²) in [4.78, 5) is 23.7. The number of amides is 1. The van der Waals surface area contributed by atoms with E-state index >= 15 is 0 Å². The molecule has 0 radical (unpaired) electrons. The molecule has 1 fully saturated rings. The van der Waals surface area contributed by atoms with Gasteiger partial charge in [-0.2, -0.15) is 5.26 Å². The highest BCUT2D eigenvalue weighted by Crippen LogP contribution is 2.39. The second kappa shape index (κ2) is 12.3. The van der Waals surface area contributed by atoms with E-state index in [0.29, 0.717) is 64.1 Å². The minimum absolute atomic E-state index is 0.0419. The van der Waals surface area contributed by atoms with Crippen LogP contribution in [0.4, 0.5) is 16.2 Å². The monoisotopic (exact) mass is 600 g/mol. The van der Waals surface area contributed by atoms with Crippen LogP contribution in [-0.2, 0) is 6.61 Å². The number of rotatable bonds is 7. The van der Waals surface area contributed by atoms with Gasteiger partial charge in [-0.25, -0.2) is 4.79 Å². The van der Waals surface area contributed by atoms with Gasteiger partial charge in [-0.3, -0.25) is 9.97 Å². The molecule has 0 saturated carbocycles. The van der Waals surface area contributed by atoms with Crippen LogP contribution >= 0.6 is 11.6 Å². The number of anilines is 2. The minimum Gasteiger partial charge on any atom is -0.493 e. The molecule has 2 N–H and O–H groups in total. The molecular weight excluding hydrogens is 568 g/mol. The summed E-state index contributed by atoms with van der Waals surface area (Å²) in [5, 5.41) is 17.6. The molecule has 11 heteroatoms. The number of fused-ring (bicyclic) bond motifs is 1. The third-order valence-electron chi connectivity index (χ3n) is 7.37. The lowest BCUT2D eigenvalue weighted by atomic mass is 10.00. The van der Waals surface area contributed by atoms with Crippen molar-refractivity contribution in [2.24, 2.45) is 0 Å². The van der Waals surface area contributed by atoms with Gasteiger partial charge in [-0.05, 0) is 57.5 Å². The van der Waals surface area contributed by atoms with Gasteiger partial charge in [0.05, 0.1) is 40.3 Å². The van der Waals surface area contributed by atoms with Crippen LogP contribution in [0.3, 0.4) is 0 Å². The van der Waals surface area contributed by atoms with Crippen LogP contribution in [-0.4, -0.2) is 52.7 Å². The molecule has 1 aliphatic rings. The number of aryl methyl sites for hydroxylation is 1. The van der Waals surface area contributed by atoms with E-state index in [4.69, 9.17) is 25.8 Å². The number of halogens is 1. The van der Waals surface area contributed by atoms with E-state index in [2.05, 4.69) is 26.7 Å². The van der Waals surface area contributed by atoms with E-state index in [9.17, 15) is 10.1 Å². The molecule has 1 amide bonds. The Kier molecular flexibility index (Phi) is 8.57. The average Bonchev–Trinajstić information content (AvgIpc) is 2.99. The number of ether oxygens (including phenoxy) is 3. The van der Waals surface area contributed by atoms with Gasteiger partial charge in [-0.1, -0.05) is 17.7 Å². The largest absolute Gasteiger partial charge is 0.493 e. The highest BCUT2D eigenvalue weighted by molar-refractivity contribution is 6.33. The van der Waals surface area contributed by atoms with Gasteiger partial charge >= 0.3 is 6.09 Å². The van der Waals surface area contributed by atoms with Crippen LogP contribution in [0, 0.1) is 18.3 Å². The predicted molar refractivity (Wildman–Crippen MR) is 165 cm³/mol. The summed E-state index contributed by atoms with van der Waals surface area (Å²) >= 11 is 6.64. The van der Waals surface area contributed by atoms with Gasteiger partial charge in [0.1, 0.15) is 18.4 Å². The molecule has 4 aromatic rings. The number of methoxy groups -OCH3 is 1. The standard InChI is InChI=1S/C32H33ClN6O4/c1-19-7-6-10-35-27(19)17-42-22-8-9-25(24(33)11-22)38-30-21(14-34)16-36-26-13-29(28(41-5)12-23(26)30)43-31(40)39-18-32(3,4)37-15-20(39)2/h6-13,16,20,37H,15,17-18H2,1-5H3,(H,36,38)/t20-/m1/s1. The van der Waals surface area contributed by atoms with Crippen molar-refractivity contribution in [2.45, 2.75) is 45.9 Å². The van der Waals surface area contributed by atoms with E-state index in [1.807, 2.05) is 39.8 Å². The Labute approximate surface area is 255 Å². The van der Waals surface area contributed by atoms with Crippen LogP contribution < -0.4 is 24.8 Å². The molecule has 2 aromatic heterocycles. The van der Waals surface area contributed by atoms with Crippen LogP contribution in [0.2, 0.25) is 5.02 Å². The Morgan fingerprint density at radius 1 is 1.23 bits per heavy atom. The molecule has 0 spiro atoms. The number of benzene rings is 2. The molecule has 0 unspecified atom stereocenters. The van der Waals surface area contributed by atoms with Crippen molar-refractivity contribution in [3.63, 3.8) is 0 Å². The Hall–Kier alpha value is -4.59. The quantitative estimate of drug-likeness (QED) is 0.249. The lowest BCUT2D eigenvalue weighted by Gasteiger charge is -2.42. The first kappa shape index (κ1) is 29.9. The number of nitriles is 1. The van der Waals surface area contributed by atoms with E-state index in [1.165, 1.54) is 13.3 Å². The van der Waals surface area contributed by atoms with Gasteiger partial charge in [0.15, 0.2) is 11.5 Å². The maximum Gasteiger partial charge on any atom is 0.415 e. The molecule has 10 nitrogen and oxygen atoms in total. The first-order chi connectivity index (χ1) is 20.6. The molecule has 1 atom stereocenters. The van der Waals surface area contributed by atoms with Crippen molar-refractivity contribution in [3.8, 4) is 23.3 Å². The molecule has 3 heterocycles. The Bertz CT molecular complexity index is 1720. The highest BCUT2D eigenvalue weighted by atomic mass is 35.5. The topological polar surface area (TPSA) is 122 Å². The molecule has 222 valence electrons. The number of carbonyl (C=O) groups excluding carboxylic acids is 1. The first-order valence-corrected chi connectivity index (χ1v) is 14.2. The van der Waals surface area contributed by atoms with Crippen LogP contribution in [0.5, 0.6) is 17.2 Å². The number of nitrogens with one attached hydrogen (secondary N) is 2. The summed E-state index contributed by atoms with van der Waals surface area (Å²) in [7, 11) is 1.49. The summed E-state index contributed by atoms with van der Waals surface area (Å²) in [6.07, 6.45) is 2.72. The molecule has 5 rings (SSSR count). The maximum atomic E-state index is 13.2. The lowest BCUT2D eigenvalue weighted by Crippen LogP contribution is -2.62. The van der Waals surface area contributed by atoms with Crippen molar-refractivity contribution >= 4 is 40.0 Å². The normalized spacial score (nSPS) is 15.9. The summed E-state index contributed by atoms with van der Waals surface area (Å²) < 4.78 is 17.3. The number of hydrogen-bond donors (Lipinski definition) is 2. The average molecular weight is 601 g/mol. The van der Waals surface area contributed by atoms with Crippen molar-refractivity contribution in [1.82, 2.24) is 20.2 Å². The van der Waals surface area contributed by atoms with Gasteiger partial charge < -0.3 is 29.7 Å². The molecule has 0 aliphatic carbocycles. The Balaban J connectivity index is 1.41.